The number of esters is 1. The zero-order valence-corrected chi connectivity index (χ0v) is 7.28. The van der Waals surface area contributed by atoms with E-state index in [1.165, 1.54) is 12.0 Å². The second kappa shape index (κ2) is 6.60. The van der Waals surface area contributed by atoms with Crippen LogP contribution < -0.4 is 0 Å². The standard InChI is InChI=1S/C7H13NO4/c1-3-12-7(10)4-8(5-9)6-11-2/h5H,3-4,6H2,1-2H3. The number of rotatable bonds is 6. The van der Waals surface area contributed by atoms with E-state index in [1.54, 1.807) is 6.92 Å². The number of hydrogen-bond donors (Lipinski definition) is 0. The van der Waals surface area contributed by atoms with Gasteiger partial charge in [-0.25, -0.2) is 0 Å². The van der Waals surface area contributed by atoms with Crippen molar-refractivity contribution in [2.24, 2.45) is 0 Å². The van der Waals surface area contributed by atoms with Gasteiger partial charge in [-0.1, -0.05) is 0 Å². The van der Waals surface area contributed by atoms with Crippen molar-refractivity contribution >= 4 is 12.4 Å². The Morgan fingerprint density at radius 3 is 2.67 bits per heavy atom. The fourth-order valence-electron chi connectivity index (χ4n) is 0.652. The molecule has 0 rings (SSSR count). The lowest BCUT2D eigenvalue weighted by molar-refractivity contribution is -0.148. The van der Waals surface area contributed by atoms with Gasteiger partial charge < -0.3 is 14.4 Å². The van der Waals surface area contributed by atoms with Gasteiger partial charge in [0.25, 0.3) is 0 Å². The van der Waals surface area contributed by atoms with E-state index in [2.05, 4.69) is 9.47 Å². The lowest BCUT2D eigenvalue weighted by Gasteiger charge is -2.14. The normalized spacial score (nSPS) is 9.17. The molecule has 0 aromatic rings. The van der Waals surface area contributed by atoms with Gasteiger partial charge in [-0.05, 0) is 6.92 Å². The second-order valence-corrected chi connectivity index (χ2v) is 2.08. The third kappa shape index (κ3) is 4.68. The Morgan fingerprint density at radius 1 is 1.58 bits per heavy atom. The second-order valence-electron chi connectivity index (χ2n) is 2.08. The lowest BCUT2D eigenvalue weighted by Crippen LogP contribution is -2.31. The molecule has 0 heterocycles. The van der Waals surface area contributed by atoms with Gasteiger partial charge in [-0.2, -0.15) is 0 Å². The zero-order chi connectivity index (χ0) is 9.40. The van der Waals surface area contributed by atoms with Crippen LogP contribution in [0, 0.1) is 0 Å². The number of hydrogen-bond acceptors (Lipinski definition) is 4. The molecule has 0 bridgehead atoms. The summed E-state index contributed by atoms with van der Waals surface area (Å²) in [5.41, 5.74) is 0. The molecule has 0 atom stereocenters. The highest BCUT2D eigenvalue weighted by Gasteiger charge is 2.07. The van der Waals surface area contributed by atoms with Crippen LogP contribution in [-0.4, -0.2) is 44.3 Å². The summed E-state index contributed by atoms with van der Waals surface area (Å²) in [6.45, 7) is 2.06. The van der Waals surface area contributed by atoms with E-state index in [0.717, 1.165) is 0 Å². The first-order valence-corrected chi connectivity index (χ1v) is 3.58. The first kappa shape index (κ1) is 10.9. The highest BCUT2D eigenvalue weighted by Crippen LogP contribution is 1.86. The van der Waals surface area contributed by atoms with Gasteiger partial charge in [0.05, 0.1) is 6.61 Å². The number of amides is 1. The predicted octanol–water partition coefficient (Wildman–Crippen LogP) is -0.388. The van der Waals surface area contributed by atoms with Crippen molar-refractivity contribution in [3.05, 3.63) is 0 Å². The summed E-state index contributed by atoms with van der Waals surface area (Å²) in [5.74, 6) is -0.429. The first-order chi connectivity index (χ1) is 5.74. The summed E-state index contributed by atoms with van der Waals surface area (Å²) in [6, 6.07) is 0. The highest BCUT2D eigenvalue weighted by molar-refractivity contribution is 5.74. The summed E-state index contributed by atoms with van der Waals surface area (Å²) < 4.78 is 9.29. The average Bonchev–Trinajstić information content (AvgIpc) is 2.04. The Balaban J connectivity index is 3.68. The van der Waals surface area contributed by atoms with Crippen LogP contribution in [0.25, 0.3) is 0 Å². The molecule has 12 heavy (non-hydrogen) atoms. The maximum Gasteiger partial charge on any atom is 0.325 e. The maximum absolute atomic E-state index is 10.8. The largest absolute Gasteiger partial charge is 0.465 e. The van der Waals surface area contributed by atoms with E-state index in [-0.39, 0.29) is 13.3 Å². The molecule has 5 heteroatoms. The quantitative estimate of drug-likeness (QED) is 0.313. The Kier molecular flexibility index (Phi) is 6.00. The van der Waals surface area contributed by atoms with Gasteiger partial charge in [-0.15, -0.1) is 0 Å². The van der Waals surface area contributed by atoms with Crippen LogP contribution in [-0.2, 0) is 19.1 Å². The van der Waals surface area contributed by atoms with Gasteiger partial charge in [-0.3, -0.25) is 9.59 Å². The average molecular weight is 175 g/mol. The molecular weight excluding hydrogens is 162 g/mol. The van der Waals surface area contributed by atoms with E-state index in [0.29, 0.717) is 13.0 Å². The number of nitrogens with zero attached hydrogens (tertiary/aromatic N) is 1. The lowest BCUT2D eigenvalue weighted by atomic mass is 10.6. The van der Waals surface area contributed by atoms with Crippen molar-refractivity contribution in [2.45, 2.75) is 6.92 Å². The molecule has 5 nitrogen and oxygen atoms in total. The first-order valence-electron chi connectivity index (χ1n) is 3.58. The summed E-state index contributed by atoms with van der Waals surface area (Å²) in [7, 11) is 1.45. The molecule has 0 aliphatic carbocycles. The topological polar surface area (TPSA) is 55.8 Å². The molecule has 0 N–H and O–H groups in total. The molecule has 0 fully saturated rings. The Hall–Kier alpha value is -1.10. The molecule has 1 amide bonds. The van der Waals surface area contributed by atoms with Gasteiger partial charge >= 0.3 is 5.97 Å². The molecule has 70 valence electrons. The molecule has 0 radical (unpaired) electrons. The predicted molar refractivity (Wildman–Crippen MR) is 41.3 cm³/mol. The fourth-order valence-corrected chi connectivity index (χ4v) is 0.652. The highest BCUT2D eigenvalue weighted by atomic mass is 16.5. The molecule has 0 aromatic carbocycles. The van der Waals surface area contributed by atoms with Crippen molar-refractivity contribution in [3.63, 3.8) is 0 Å². The Bertz CT molecular complexity index is 148. The fraction of sp³-hybridized carbons (Fsp3) is 0.714. The van der Waals surface area contributed by atoms with Gasteiger partial charge in [0.15, 0.2) is 0 Å². The van der Waals surface area contributed by atoms with Crippen molar-refractivity contribution < 1.29 is 19.1 Å². The van der Waals surface area contributed by atoms with Crippen molar-refractivity contribution in [1.29, 1.82) is 0 Å². The molecule has 0 aliphatic heterocycles. The third-order valence-corrected chi connectivity index (χ3v) is 1.08. The van der Waals surface area contributed by atoms with Crippen molar-refractivity contribution in [1.82, 2.24) is 4.90 Å². The zero-order valence-electron chi connectivity index (χ0n) is 7.28. The van der Waals surface area contributed by atoms with Crippen LogP contribution in [0.5, 0.6) is 0 Å². The minimum atomic E-state index is -0.429. The summed E-state index contributed by atoms with van der Waals surface area (Å²) in [5, 5.41) is 0. The Labute approximate surface area is 71.2 Å². The van der Waals surface area contributed by atoms with Crippen LogP contribution >= 0.6 is 0 Å². The Morgan fingerprint density at radius 2 is 2.25 bits per heavy atom. The van der Waals surface area contributed by atoms with E-state index >= 15 is 0 Å². The number of carbonyl (C=O) groups is 2. The smallest absolute Gasteiger partial charge is 0.325 e. The molecule has 0 unspecified atom stereocenters. The monoisotopic (exact) mass is 175 g/mol. The third-order valence-electron chi connectivity index (χ3n) is 1.08. The number of ether oxygens (including phenoxy) is 2. The van der Waals surface area contributed by atoms with E-state index in [1.807, 2.05) is 0 Å². The maximum atomic E-state index is 10.8. The van der Waals surface area contributed by atoms with Gasteiger partial charge in [0, 0.05) is 7.11 Å². The van der Waals surface area contributed by atoms with Crippen LogP contribution in [0.15, 0.2) is 0 Å². The summed E-state index contributed by atoms with van der Waals surface area (Å²) in [4.78, 5) is 22.3. The van der Waals surface area contributed by atoms with Crippen LogP contribution in [0.2, 0.25) is 0 Å². The molecule has 0 aliphatic rings. The van der Waals surface area contributed by atoms with Crippen LogP contribution in [0.3, 0.4) is 0 Å². The van der Waals surface area contributed by atoms with Crippen molar-refractivity contribution in [2.75, 3.05) is 27.0 Å². The van der Waals surface area contributed by atoms with Crippen LogP contribution in [0.1, 0.15) is 6.92 Å². The molecule has 0 spiro atoms. The molecule has 0 aromatic heterocycles. The van der Waals surface area contributed by atoms with Gasteiger partial charge in [0.2, 0.25) is 6.41 Å². The van der Waals surface area contributed by atoms with Crippen molar-refractivity contribution in [3.8, 4) is 0 Å². The molecular formula is C7H13NO4. The van der Waals surface area contributed by atoms with E-state index in [9.17, 15) is 9.59 Å². The summed E-state index contributed by atoms with van der Waals surface area (Å²) >= 11 is 0. The minimum absolute atomic E-state index is 0.0643. The van der Waals surface area contributed by atoms with E-state index < -0.39 is 5.97 Å². The van der Waals surface area contributed by atoms with Crippen LogP contribution in [0.4, 0.5) is 0 Å². The number of methoxy groups -OCH3 is 1. The molecule has 0 saturated heterocycles. The molecule has 0 saturated carbocycles. The van der Waals surface area contributed by atoms with E-state index in [4.69, 9.17) is 0 Å². The number of carbonyl (C=O) groups excluding carboxylic acids is 2. The van der Waals surface area contributed by atoms with Gasteiger partial charge in [0.1, 0.15) is 13.3 Å². The minimum Gasteiger partial charge on any atom is -0.465 e. The summed E-state index contributed by atoms with van der Waals surface area (Å²) in [6.07, 6.45) is 0.542. The SMILES string of the molecule is CCOC(=O)CN(C=O)COC.